The molecule has 8 heteroatoms. The summed E-state index contributed by atoms with van der Waals surface area (Å²) in [6.07, 6.45) is 0.774. The second kappa shape index (κ2) is 9.34. The van der Waals surface area contributed by atoms with E-state index in [-0.39, 0.29) is 12.6 Å². The van der Waals surface area contributed by atoms with E-state index < -0.39 is 17.9 Å². The molecule has 0 saturated heterocycles. The maximum absolute atomic E-state index is 12.4. The Bertz CT molecular complexity index is 888. The molecule has 2 rings (SSSR count). The number of rotatable bonds is 7. The molecule has 0 unspecified atom stereocenters. The maximum atomic E-state index is 12.4. The number of fused-ring (bicyclic) bond motifs is 1. The van der Waals surface area contributed by atoms with Gasteiger partial charge in [-0.2, -0.15) is 0 Å². The Hall–Kier alpha value is -2.90. The molecule has 28 heavy (non-hydrogen) atoms. The Balaban J connectivity index is 2.32. The first kappa shape index (κ1) is 21.4. The second-order valence-corrected chi connectivity index (χ2v) is 6.63. The van der Waals surface area contributed by atoms with Gasteiger partial charge in [0.2, 0.25) is 0 Å². The number of aryl methyl sites for hydroxylation is 1. The van der Waals surface area contributed by atoms with Crippen molar-refractivity contribution >= 4 is 28.9 Å². The predicted octanol–water partition coefficient (Wildman–Crippen LogP) is 2.06. The van der Waals surface area contributed by atoms with Crippen LogP contribution in [-0.4, -0.2) is 35.1 Å². The van der Waals surface area contributed by atoms with E-state index in [2.05, 4.69) is 15.2 Å². The Morgan fingerprint density at radius 3 is 2.54 bits per heavy atom. The molecule has 0 aliphatic heterocycles. The van der Waals surface area contributed by atoms with E-state index in [0.717, 1.165) is 23.3 Å². The highest BCUT2D eigenvalue weighted by Gasteiger charge is 2.24. The lowest BCUT2D eigenvalue weighted by Crippen LogP contribution is -2.44. The molecule has 1 heterocycles. The lowest BCUT2D eigenvalue weighted by Gasteiger charge is -2.11. The minimum absolute atomic E-state index is 0.0173. The number of carbonyl (C=O) groups excluding carboxylic acids is 3. The van der Waals surface area contributed by atoms with Crippen LogP contribution in [0.4, 0.5) is 4.79 Å². The van der Waals surface area contributed by atoms with Gasteiger partial charge < -0.3 is 10.1 Å². The molecule has 0 aliphatic carbocycles. The smallest absolute Gasteiger partial charge is 0.338 e. The van der Waals surface area contributed by atoms with Crippen molar-refractivity contribution in [3.63, 3.8) is 0 Å². The van der Waals surface area contributed by atoms with Gasteiger partial charge in [0.1, 0.15) is 0 Å². The van der Waals surface area contributed by atoms with Crippen molar-refractivity contribution in [1.82, 2.24) is 15.2 Å². The third kappa shape index (κ3) is 4.68. The average molecular weight is 389 g/mol. The van der Waals surface area contributed by atoms with Crippen LogP contribution < -0.4 is 15.2 Å². The zero-order chi connectivity index (χ0) is 20.8. The van der Waals surface area contributed by atoms with Gasteiger partial charge in [-0.25, -0.2) is 18.7 Å². The highest BCUT2D eigenvalue weighted by molar-refractivity contribution is 5.96. The molecule has 0 saturated carbocycles. The molecule has 0 aliphatic rings. The Kier molecular flexibility index (Phi) is 7.14. The molecule has 0 bridgehead atoms. The number of carbonyl (C=O) groups is 3. The van der Waals surface area contributed by atoms with Crippen LogP contribution in [0.3, 0.4) is 0 Å². The zero-order valence-electron chi connectivity index (χ0n) is 17.2. The highest BCUT2D eigenvalue weighted by atomic mass is 16.5. The number of imide groups is 1. The maximum Gasteiger partial charge on any atom is 0.338 e. The van der Waals surface area contributed by atoms with E-state index >= 15 is 0 Å². The Morgan fingerprint density at radius 2 is 1.93 bits per heavy atom. The van der Waals surface area contributed by atoms with E-state index in [1.54, 1.807) is 23.6 Å². The molecule has 152 valence electrons. The number of benzene rings is 1. The fourth-order valence-corrected chi connectivity index (χ4v) is 3.07. The van der Waals surface area contributed by atoms with Crippen LogP contribution in [0.2, 0.25) is 0 Å². The van der Waals surface area contributed by atoms with Crippen molar-refractivity contribution in [2.24, 2.45) is 0 Å². The van der Waals surface area contributed by atoms with Crippen LogP contribution >= 0.6 is 0 Å². The third-order valence-electron chi connectivity index (χ3n) is 4.71. The summed E-state index contributed by atoms with van der Waals surface area (Å²) >= 11 is 0. The molecular formula is C20H29N4O4+. The van der Waals surface area contributed by atoms with E-state index in [4.69, 9.17) is 4.74 Å². The summed E-state index contributed by atoms with van der Waals surface area (Å²) in [6.45, 7) is 10.5. The van der Waals surface area contributed by atoms with Gasteiger partial charge >= 0.3 is 12.0 Å². The molecule has 2 N–H and O–H groups in total. The summed E-state index contributed by atoms with van der Waals surface area (Å²) in [4.78, 5) is 36.4. The van der Waals surface area contributed by atoms with Crippen molar-refractivity contribution in [2.75, 3.05) is 6.61 Å². The lowest BCUT2D eigenvalue weighted by molar-refractivity contribution is -0.674. The summed E-state index contributed by atoms with van der Waals surface area (Å²) in [5, 5.41) is 5.07. The number of nitrogens with one attached hydrogen (secondary N) is 2. The van der Waals surface area contributed by atoms with E-state index in [1.165, 1.54) is 0 Å². The molecule has 8 nitrogen and oxygen atoms in total. The van der Waals surface area contributed by atoms with E-state index in [9.17, 15) is 14.4 Å². The minimum Gasteiger partial charge on any atom is -0.462 e. The van der Waals surface area contributed by atoms with Crippen LogP contribution in [0.5, 0.6) is 0 Å². The SMILES string of the molecule is CCOC(=O)c1ccc2c(c1)n(CC(=O)NC(=O)N[C@H](C)CC)c(C)[n+]2CC. The molecule has 3 amide bonds. The zero-order valence-corrected chi connectivity index (χ0v) is 17.2. The fourth-order valence-electron chi connectivity index (χ4n) is 3.07. The Labute approximate surface area is 164 Å². The molecular weight excluding hydrogens is 360 g/mol. The van der Waals surface area contributed by atoms with Crippen molar-refractivity contribution < 1.29 is 23.7 Å². The van der Waals surface area contributed by atoms with Crippen LogP contribution in [0, 0.1) is 6.92 Å². The number of ether oxygens (including phenoxy) is 1. The van der Waals surface area contributed by atoms with Gasteiger partial charge in [-0.15, -0.1) is 0 Å². The van der Waals surface area contributed by atoms with Crippen LogP contribution in [0.25, 0.3) is 11.0 Å². The summed E-state index contributed by atoms with van der Waals surface area (Å²) < 4.78 is 8.93. The number of esters is 1. The second-order valence-electron chi connectivity index (χ2n) is 6.63. The molecule has 0 spiro atoms. The molecule has 1 atom stereocenters. The highest BCUT2D eigenvalue weighted by Crippen LogP contribution is 2.17. The van der Waals surface area contributed by atoms with Gasteiger partial charge in [0.15, 0.2) is 17.6 Å². The average Bonchev–Trinajstić information content (AvgIpc) is 2.92. The monoisotopic (exact) mass is 389 g/mol. The first-order chi connectivity index (χ1) is 13.3. The van der Waals surface area contributed by atoms with Crippen LogP contribution in [0.1, 0.15) is 50.3 Å². The number of hydrogen-bond acceptors (Lipinski definition) is 4. The standard InChI is InChI=1S/C20H28N4O4/c1-6-13(4)21-20(27)22-18(25)12-24-14(5)23(7-2)16-10-9-15(11-17(16)24)19(26)28-8-3/h9-11,13H,6-8,12H2,1-5H3,(H-,21,22,25,27)/p+1/t13-/m1/s1. The number of aromatic nitrogens is 2. The van der Waals surface area contributed by atoms with Gasteiger partial charge in [-0.3, -0.25) is 10.1 Å². The van der Waals surface area contributed by atoms with Crippen molar-refractivity contribution in [3.8, 4) is 0 Å². The van der Waals surface area contributed by atoms with Crippen molar-refractivity contribution in [2.45, 2.75) is 60.2 Å². The topological polar surface area (TPSA) is 93.3 Å². The van der Waals surface area contributed by atoms with Gasteiger partial charge in [-0.1, -0.05) is 6.92 Å². The quantitative estimate of drug-likeness (QED) is 0.560. The van der Waals surface area contributed by atoms with Gasteiger partial charge in [0.05, 0.1) is 18.7 Å². The fraction of sp³-hybridized carbons (Fsp3) is 0.500. The van der Waals surface area contributed by atoms with Gasteiger partial charge in [0.25, 0.3) is 11.7 Å². The summed E-state index contributed by atoms with van der Waals surface area (Å²) in [5.74, 6) is 0.0248. The summed E-state index contributed by atoms with van der Waals surface area (Å²) in [5.41, 5.74) is 2.07. The normalized spacial score (nSPS) is 11.9. The number of amides is 3. The number of nitrogens with zero attached hydrogens (tertiary/aromatic N) is 2. The predicted molar refractivity (Wildman–Crippen MR) is 105 cm³/mol. The molecule has 0 fully saturated rings. The van der Waals surface area contributed by atoms with E-state index in [1.807, 2.05) is 33.8 Å². The molecule has 0 radical (unpaired) electrons. The molecule has 1 aromatic carbocycles. The van der Waals surface area contributed by atoms with Gasteiger partial charge in [-0.05, 0) is 39.3 Å². The minimum atomic E-state index is -0.510. The lowest BCUT2D eigenvalue weighted by atomic mass is 10.2. The molecule has 2 aromatic rings. The first-order valence-corrected chi connectivity index (χ1v) is 9.62. The molecule has 1 aromatic heterocycles. The van der Waals surface area contributed by atoms with Crippen molar-refractivity contribution in [3.05, 3.63) is 29.6 Å². The number of imidazole rings is 1. The summed E-state index contributed by atoms with van der Waals surface area (Å²) in [7, 11) is 0. The number of urea groups is 1. The largest absolute Gasteiger partial charge is 0.462 e. The summed E-state index contributed by atoms with van der Waals surface area (Å²) in [6, 6.07) is 4.76. The van der Waals surface area contributed by atoms with Crippen LogP contribution in [-0.2, 0) is 22.6 Å². The first-order valence-electron chi connectivity index (χ1n) is 9.62. The third-order valence-corrected chi connectivity index (χ3v) is 4.71. The number of hydrogen-bond donors (Lipinski definition) is 2. The van der Waals surface area contributed by atoms with Gasteiger partial charge in [0, 0.05) is 19.0 Å². The van der Waals surface area contributed by atoms with E-state index in [0.29, 0.717) is 18.7 Å². The Morgan fingerprint density at radius 1 is 1.21 bits per heavy atom. The van der Waals surface area contributed by atoms with Crippen molar-refractivity contribution in [1.29, 1.82) is 0 Å². The van der Waals surface area contributed by atoms with Crippen LogP contribution in [0.15, 0.2) is 18.2 Å².